The van der Waals surface area contributed by atoms with Crippen LogP contribution in [0.2, 0.25) is 0 Å². The van der Waals surface area contributed by atoms with Crippen LogP contribution in [0.25, 0.3) is 0 Å². The van der Waals surface area contributed by atoms with E-state index in [1.54, 1.807) is 36.4 Å². The Labute approximate surface area is 487 Å². The summed E-state index contributed by atoms with van der Waals surface area (Å²) in [6, 6.07) is 54.1. The van der Waals surface area contributed by atoms with Crippen LogP contribution in [0.15, 0.2) is 170 Å². The van der Waals surface area contributed by atoms with Crippen molar-refractivity contribution in [3.8, 4) is 0 Å². The van der Waals surface area contributed by atoms with Gasteiger partial charge in [0.2, 0.25) is 0 Å². The first-order valence-corrected chi connectivity index (χ1v) is 30.5. The lowest BCUT2D eigenvalue weighted by Crippen LogP contribution is -2.46. The first-order valence-electron chi connectivity index (χ1n) is 30.5. The summed E-state index contributed by atoms with van der Waals surface area (Å²) in [5, 5.41) is 69.8. The molecule has 11 heteroatoms. The second-order valence-corrected chi connectivity index (χ2v) is 23.6. The van der Waals surface area contributed by atoms with Crippen molar-refractivity contribution < 1.29 is 45.0 Å². The van der Waals surface area contributed by atoms with Gasteiger partial charge in [-0.3, -0.25) is 9.59 Å². The maximum absolute atomic E-state index is 14.6. The lowest BCUT2D eigenvalue weighted by molar-refractivity contribution is -0.159. The number of aliphatic hydroxyl groups excluding tert-OH is 3. The normalized spacial score (nSPS) is 17.4. The van der Waals surface area contributed by atoms with Crippen LogP contribution in [-0.4, -0.2) is 105 Å². The highest BCUT2D eigenvalue weighted by molar-refractivity contribution is 5.85. The number of likely N-dealkylation sites (tertiary alicyclic amines) is 2. The standard InChI is InChI=1S/C71H90N2O9/c1-3-5-19-45-68(52-74,56-36-32-54(33-37-56)64(75)30-20-46-72-48-40-62(41-49-72)70(80,58-22-11-7-12-23-58)59-24-13-8-14-25-59)67(79)82-53-69(66(77)78,44-6-4-2)57-38-34-55(35-39-57)65(76)31-21-47-73-50-42-63(43-51-73)71(81,60-26-15-9-16-27-60)61-28-17-10-18-29-61/h7-18,22-29,32-39,62-65,74-76,80-81H,3-6,19-21,30-31,40-53H2,1-2H3,(H,77,78). The molecule has 438 valence electrons. The second kappa shape index (κ2) is 29.5. The molecule has 0 spiro atoms. The van der Waals surface area contributed by atoms with E-state index in [4.69, 9.17) is 4.74 Å². The van der Waals surface area contributed by atoms with Gasteiger partial charge in [0.1, 0.15) is 28.6 Å². The third-order valence-corrected chi connectivity index (χ3v) is 18.5. The Bertz CT molecular complexity index is 2760. The highest BCUT2D eigenvalue weighted by Crippen LogP contribution is 2.44. The molecule has 2 aliphatic heterocycles. The van der Waals surface area contributed by atoms with Gasteiger partial charge in [0.25, 0.3) is 0 Å². The molecule has 0 saturated carbocycles. The number of hydrogen-bond acceptors (Lipinski definition) is 10. The Morgan fingerprint density at radius 1 is 0.488 bits per heavy atom. The average Bonchev–Trinajstić information content (AvgIpc) is 3.67. The van der Waals surface area contributed by atoms with Crippen molar-refractivity contribution in [1.29, 1.82) is 0 Å². The summed E-state index contributed by atoms with van der Waals surface area (Å²) in [5.41, 5.74) is 0.860. The van der Waals surface area contributed by atoms with E-state index in [1.807, 2.05) is 140 Å². The number of carbonyl (C=O) groups excluding carboxylic acids is 1. The first-order chi connectivity index (χ1) is 39.8. The molecule has 4 atom stereocenters. The summed E-state index contributed by atoms with van der Waals surface area (Å²) < 4.78 is 6.16. The highest BCUT2D eigenvalue weighted by atomic mass is 16.5. The Morgan fingerprint density at radius 3 is 1.18 bits per heavy atom. The zero-order valence-corrected chi connectivity index (χ0v) is 48.5. The summed E-state index contributed by atoms with van der Waals surface area (Å²) >= 11 is 0. The molecule has 0 radical (unpaired) electrons. The zero-order chi connectivity index (χ0) is 58.0. The molecule has 2 saturated heterocycles. The molecule has 0 bridgehead atoms. The minimum Gasteiger partial charge on any atom is -0.480 e. The Balaban J connectivity index is 0.857. The largest absolute Gasteiger partial charge is 0.480 e. The number of piperidine rings is 2. The summed E-state index contributed by atoms with van der Waals surface area (Å²) in [7, 11) is 0. The van der Waals surface area contributed by atoms with Crippen molar-refractivity contribution in [3.63, 3.8) is 0 Å². The van der Waals surface area contributed by atoms with Crippen molar-refractivity contribution in [2.75, 3.05) is 52.5 Å². The molecular formula is C71H90N2O9. The van der Waals surface area contributed by atoms with E-state index in [2.05, 4.69) is 16.7 Å². The number of hydrogen-bond donors (Lipinski definition) is 6. The molecule has 8 rings (SSSR count). The van der Waals surface area contributed by atoms with E-state index in [0.717, 1.165) is 119 Å². The number of nitrogens with zero attached hydrogens (tertiary/aromatic N) is 2. The quantitative estimate of drug-likeness (QED) is 0.0187. The maximum Gasteiger partial charge on any atom is 0.318 e. The summed E-state index contributed by atoms with van der Waals surface area (Å²) in [6.07, 6.45) is 8.62. The van der Waals surface area contributed by atoms with Crippen LogP contribution in [0.4, 0.5) is 0 Å². The van der Waals surface area contributed by atoms with Crippen molar-refractivity contribution in [1.82, 2.24) is 9.80 Å². The van der Waals surface area contributed by atoms with Crippen LogP contribution >= 0.6 is 0 Å². The van der Waals surface area contributed by atoms with Gasteiger partial charge in [-0.25, -0.2) is 0 Å². The fourth-order valence-corrected chi connectivity index (χ4v) is 13.3. The van der Waals surface area contributed by atoms with Crippen LogP contribution in [0.5, 0.6) is 0 Å². The fourth-order valence-electron chi connectivity index (χ4n) is 13.3. The summed E-state index contributed by atoms with van der Waals surface area (Å²) in [4.78, 5) is 33.0. The second-order valence-electron chi connectivity index (χ2n) is 23.6. The van der Waals surface area contributed by atoms with E-state index in [-0.39, 0.29) is 18.3 Å². The number of rotatable bonds is 30. The lowest BCUT2D eigenvalue weighted by atomic mass is 9.72. The predicted molar refractivity (Wildman–Crippen MR) is 324 cm³/mol. The van der Waals surface area contributed by atoms with Gasteiger partial charge >= 0.3 is 11.9 Å². The van der Waals surface area contributed by atoms with Gasteiger partial charge in [0.05, 0.1) is 18.8 Å². The molecule has 4 unspecified atom stereocenters. The van der Waals surface area contributed by atoms with Crippen LogP contribution < -0.4 is 0 Å². The van der Waals surface area contributed by atoms with Crippen molar-refractivity contribution in [2.45, 2.75) is 144 Å². The third kappa shape index (κ3) is 14.3. The Kier molecular flexibility index (Phi) is 22.3. The monoisotopic (exact) mass is 1110 g/mol. The van der Waals surface area contributed by atoms with Gasteiger partial charge in [-0.2, -0.15) is 0 Å². The van der Waals surface area contributed by atoms with Crippen LogP contribution in [0.1, 0.15) is 167 Å². The predicted octanol–water partition coefficient (Wildman–Crippen LogP) is 12.2. The molecule has 0 aromatic heterocycles. The number of unbranched alkanes of at least 4 members (excludes halogenated alkanes) is 3. The van der Waals surface area contributed by atoms with E-state index >= 15 is 0 Å². The van der Waals surface area contributed by atoms with Crippen molar-refractivity contribution >= 4 is 11.9 Å². The summed E-state index contributed by atoms with van der Waals surface area (Å²) in [6.45, 7) is 8.10. The number of carbonyl (C=O) groups is 2. The molecule has 6 aromatic carbocycles. The lowest BCUT2D eigenvalue weighted by Gasteiger charge is -2.42. The van der Waals surface area contributed by atoms with Gasteiger partial charge in [0.15, 0.2) is 0 Å². The summed E-state index contributed by atoms with van der Waals surface area (Å²) in [5.74, 6) is -1.68. The van der Waals surface area contributed by atoms with Gasteiger partial charge in [-0.15, -0.1) is 0 Å². The van der Waals surface area contributed by atoms with Crippen LogP contribution in [0.3, 0.4) is 0 Å². The van der Waals surface area contributed by atoms with E-state index in [0.29, 0.717) is 54.4 Å². The topological polar surface area (TPSA) is 171 Å². The van der Waals surface area contributed by atoms with Crippen molar-refractivity contribution in [3.05, 3.63) is 214 Å². The van der Waals surface area contributed by atoms with E-state index in [1.165, 1.54) is 0 Å². The third-order valence-electron chi connectivity index (χ3n) is 18.5. The number of benzene rings is 6. The number of esters is 1. The minimum atomic E-state index is -1.57. The van der Waals surface area contributed by atoms with Gasteiger partial charge in [-0.05, 0) is 160 Å². The molecule has 0 amide bonds. The molecule has 11 nitrogen and oxygen atoms in total. The number of carboxylic acid groups (broad SMARTS) is 1. The van der Waals surface area contributed by atoms with Crippen LogP contribution in [0, 0.1) is 11.8 Å². The molecular weight excluding hydrogens is 1020 g/mol. The minimum absolute atomic E-state index is 0.0547. The van der Waals surface area contributed by atoms with Crippen LogP contribution in [-0.2, 0) is 36.4 Å². The zero-order valence-electron chi connectivity index (χ0n) is 48.5. The number of ether oxygens (including phenoxy) is 1. The van der Waals surface area contributed by atoms with Crippen molar-refractivity contribution in [2.24, 2.45) is 11.8 Å². The fraction of sp³-hybridized carbons (Fsp3) is 0.465. The number of aliphatic carboxylic acids is 1. The SMILES string of the molecule is CCCCCC(CO)(C(=O)OCC(CCCC)(C(=O)O)c1ccc(C(O)CCCN2CCC(C(O)(c3ccccc3)c3ccccc3)CC2)cc1)c1ccc(C(O)CCCN2CCC(C(O)(c3ccccc3)c3ccccc3)CC2)cc1. The van der Waals surface area contributed by atoms with Gasteiger partial charge < -0.3 is 45.2 Å². The van der Waals surface area contributed by atoms with E-state index < -0.39 is 59.4 Å². The average molecular weight is 1120 g/mol. The molecule has 2 heterocycles. The Hall–Kier alpha value is -6.02. The highest BCUT2D eigenvalue weighted by Gasteiger charge is 2.47. The van der Waals surface area contributed by atoms with Gasteiger partial charge in [-0.1, -0.05) is 216 Å². The molecule has 2 aliphatic rings. The molecule has 82 heavy (non-hydrogen) atoms. The molecule has 6 aromatic rings. The number of aliphatic hydroxyl groups is 5. The first kappa shape index (κ1) is 62.0. The molecule has 0 aliphatic carbocycles. The van der Waals surface area contributed by atoms with E-state index in [9.17, 15) is 40.2 Å². The Morgan fingerprint density at radius 2 is 0.841 bits per heavy atom. The van der Waals surface area contributed by atoms with Gasteiger partial charge in [0, 0.05) is 0 Å². The number of carboxylic acids is 1. The molecule has 6 N–H and O–H groups in total. The molecule has 2 fully saturated rings. The smallest absolute Gasteiger partial charge is 0.318 e. The maximum atomic E-state index is 14.6.